The van der Waals surface area contributed by atoms with Gasteiger partial charge >= 0.3 is 0 Å². The molecule has 1 aromatic carbocycles. The molecule has 0 saturated carbocycles. The minimum Gasteiger partial charge on any atom is -0.369 e. The normalized spacial score (nSPS) is 26.3. The van der Waals surface area contributed by atoms with Crippen LogP contribution in [0.15, 0.2) is 30.3 Å². The van der Waals surface area contributed by atoms with Crippen LogP contribution in [0, 0.1) is 5.92 Å². The van der Waals surface area contributed by atoms with E-state index in [1.165, 1.54) is 5.56 Å². The molecule has 14 heavy (non-hydrogen) atoms. The molecule has 0 bridgehead atoms. The van der Waals surface area contributed by atoms with Crippen molar-refractivity contribution in [1.82, 2.24) is 5.32 Å². The molecule has 3 heteroatoms. The molecule has 0 aromatic heterocycles. The van der Waals surface area contributed by atoms with Gasteiger partial charge in [-0.2, -0.15) is 0 Å². The molecule has 3 nitrogen and oxygen atoms in total. The number of carbonyl (C=O) groups excluding carboxylic acids is 1. The lowest BCUT2D eigenvalue weighted by atomic mass is 9.89. The monoisotopic (exact) mass is 190 g/mol. The summed E-state index contributed by atoms with van der Waals surface area (Å²) in [5, 5.41) is 3.20. The van der Waals surface area contributed by atoms with Crippen LogP contribution in [-0.4, -0.2) is 19.0 Å². The molecule has 0 radical (unpaired) electrons. The van der Waals surface area contributed by atoms with E-state index >= 15 is 0 Å². The highest BCUT2D eigenvalue weighted by atomic mass is 16.1. The van der Waals surface area contributed by atoms with Crippen molar-refractivity contribution in [1.29, 1.82) is 0 Å². The third kappa shape index (κ3) is 1.63. The predicted octanol–water partition coefficient (Wildman–Crippen LogP) is 0.475. The van der Waals surface area contributed by atoms with Crippen LogP contribution in [0.1, 0.15) is 11.5 Å². The highest BCUT2D eigenvalue weighted by molar-refractivity contribution is 5.78. The third-order valence-corrected chi connectivity index (χ3v) is 2.81. The molecule has 0 unspecified atom stereocenters. The molecular formula is C11H14N2O. The van der Waals surface area contributed by atoms with Gasteiger partial charge in [0.15, 0.2) is 0 Å². The fourth-order valence-corrected chi connectivity index (χ4v) is 2.03. The summed E-state index contributed by atoms with van der Waals surface area (Å²) < 4.78 is 0. The second kappa shape index (κ2) is 3.80. The Morgan fingerprint density at radius 2 is 2.00 bits per heavy atom. The lowest BCUT2D eigenvalue weighted by Crippen LogP contribution is -2.28. The van der Waals surface area contributed by atoms with Gasteiger partial charge in [0.2, 0.25) is 5.91 Å². The molecule has 1 aromatic rings. The first-order chi connectivity index (χ1) is 6.79. The van der Waals surface area contributed by atoms with E-state index in [0.717, 1.165) is 6.54 Å². The van der Waals surface area contributed by atoms with Gasteiger partial charge in [0.1, 0.15) is 0 Å². The molecule has 2 rings (SSSR count). The van der Waals surface area contributed by atoms with Crippen molar-refractivity contribution in [2.24, 2.45) is 11.7 Å². The number of primary amides is 1. The van der Waals surface area contributed by atoms with Crippen molar-refractivity contribution in [3.63, 3.8) is 0 Å². The summed E-state index contributed by atoms with van der Waals surface area (Å²) in [4.78, 5) is 11.2. The van der Waals surface area contributed by atoms with E-state index in [0.29, 0.717) is 6.54 Å². The smallest absolute Gasteiger partial charge is 0.222 e. The van der Waals surface area contributed by atoms with Gasteiger partial charge in [0.25, 0.3) is 0 Å². The van der Waals surface area contributed by atoms with Crippen LogP contribution in [0.3, 0.4) is 0 Å². The topological polar surface area (TPSA) is 55.1 Å². The van der Waals surface area contributed by atoms with Crippen LogP contribution in [0.4, 0.5) is 0 Å². The third-order valence-electron chi connectivity index (χ3n) is 2.81. The summed E-state index contributed by atoms with van der Waals surface area (Å²) in [5.41, 5.74) is 6.54. The van der Waals surface area contributed by atoms with Crippen LogP contribution in [-0.2, 0) is 4.79 Å². The van der Waals surface area contributed by atoms with Gasteiger partial charge in [0.05, 0.1) is 5.92 Å². The van der Waals surface area contributed by atoms with Crippen molar-refractivity contribution in [3.8, 4) is 0 Å². The average Bonchev–Trinajstić information content (AvgIpc) is 2.67. The summed E-state index contributed by atoms with van der Waals surface area (Å²) in [6.07, 6.45) is 0. The van der Waals surface area contributed by atoms with Gasteiger partial charge in [-0.1, -0.05) is 30.3 Å². The van der Waals surface area contributed by atoms with Crippen molar-refractivity contribution in [3.05, 3.63) is 35.9 Å². The second-order valence-electron chi connectivity index (χ2n) is 3.68. The van der Waals surface area contributed by atoms with E-state index in [1.807, 2.05) is 30.3 Å². The average molecular weight is 190 g/mol. The molecule has 1 aliphatic heterocycles. The fraction of sp³-hybridized carbons (Fsp3) is 0.364. The lowest BCUT2D eigenvalue weighted by Gasteiger charge is -2.15. The van der Waals surface area contributed by atoms with Crippen molar-refractivity contribution in [2.45, 2.75) is 5.92 Å². The van der Waals surface area contributed by atoms with Crippen molar-refractivity contribution >= 4 is 5.91 Å². The van der Waals surface area contributed by atoms with Gasteiger partial charge in [-0.25, -0.2) is 0 Å². The van der Waals surface area contributed by atoms with Crippen molar-refractivity contribution < 1.29 is 4.79 Å². The Kier molecular flexibility index (Phi) is 2.50. The number of benzene rings is 1. The molecule has 1 fully saturated rings. The molecule has 74 valence electrons. The maximum atomic E-state index is 11.2. The lowest BCUT2D eigenvalue weighted by molar-refractivity contribution is -0.121. The minimum atomic E-state index is -0.205. The SMILES string of the molecule is NC(=O)[C@H]1CNC[C@H]1c1ccccc1. The Balaban J connectivity index is 2.22. The molecule has 0 aliphatic carbocycles. The Morgan fingerprint density at radius 1 is 1.29 bits per heavy atom. The number of carbonyl (C=O) groups is 1. The maximum Gasteiger partial charge on any atom is 0.222 e. The zero-order chi connectivity index (χ0) is 9.97. The fourth-order valence-electron chi connectivity index (χ4n) is 2.03. The zero-order valence-electron chi connectivity index (χ0n) is 7.94. The predicted molar refractivity (Wildman–Crippen MR) is 54.7 cm³/mol. The summed E-state index contributed by atoms with van der Waals surface area (Å²) in [7, 11) is 0. The number of hydrogen-bond donors (Lipinski definition) is 2. The molecular weight excluding hydrogens is 176 g/mol. The highest BCUT2D eigenvalue weighted by Crippen LogP contribution is 2.27. The van der Waals surface area contributed by atoms with E-state index in [9.17, 15) is 4.79 Å². The number of rotatable bonds is 2. The van der Waals surface area contributed by atoms with Crippen LogP contribution >= 0.6 is 0 Å². The van der Waals surface area contributed by atoms with Crippen LogP contribution < -0.4 is 11.1 Å². The second-order valence-corrected chi connectivity index (χ2v) is 3.68. The summed E-state index contributed by atoms with van der Waals surface area (Å²) in [5.74, 6) is -0.0186. The van der Waals surface area contributed by atoms with E-state index in [-0.39, 0.29) is 17.7 Å². The molecule has 1 amide bonds. The van der Waals surface area contributed by atoms with E-state index in [1.54, 1.807) is 0 Å². The zero-order valence-corrected chi connectivity index (χ0v) is 7.94. The van der Waals surface area contributed by atoms with E-state index in [4.69, 9.17) is 5.73 Å². The standard InChI is InChI=1S/C11H14N2O/c12-11(14)10-7-13-6-9(10)8-4-2-1-3-5-8/h1-5,9-10,13H,6-7H2,(H2,12,14)/t9-,10-/m0/s1. The molecule has 1 heterocycles. The van der Waals surface area contributed by atoms with E-state index in [2.05, 4.69) is 5.32 Å². The number of nitrogens with two attached hydrogens (primary N) is 1. The quantitative estimate of drug-likeness (QED) is 0.712. The first kappa shape index (κ1) is 9.21. The number of amides is 1. The summed E-state index contributed by atoms with van der Waals surface area (Å²) >= 11 is 0. The Morgan fingerprint density at radius 3 is 2.64 bits per heavy atom. The van der Waals surface area contributed by atoms with Gasteiger partial charge in [-0.15, -0.1) is 0 Å². The molecule has 2 atom stereocenters. The van der Waals surface area contributed by atoms with Gasteiger partial charge in [-0.05, 0) is 5.56 Å². The Bertz CT molecular complexity index is 323. The number of nitrogens with one attached hydrogen (secondary N) is 1. The molecule has 3 N–H and O–H groups in total. The van der Waals surface area contributed by atoms with Crippen LogP contribution in [0.2, 0.25) is 0 Å². The molecule has 1 saturated heterocycles. The van der Waals surface area contributed by atoms with Gasteiger partial charge < -0.3 is 11.1 Å². The van der Waals surface area contributed by atoms with Crippen LogP contribution in [0.25, 0.3) is 0 Å². The summed E-state index contributed by atoms with van der Waals surface area (Å²) in [6, 6.07) is 10.1. The highest BCUT2D eigenvalue weighted by Gasteiger charge is 2.32. The number of hydrogen-bond acceptors (Lipinski definition) is 2. The van der Waals surface area contributed by atoms with E-state index < -0.39 is 0 Å². The Hall–Kier alpha value is -1.35. The largest absolute Gasteiger partial charge is 0.369 e. The van der Waals surface area contributed by atoms with Crippen molar-refractivity contribution in [2.75, 3.05) is 13.1 Å². The first-order valence-corrected chi connectivity index (χ1v) is 4.84. The van der Waals surface area contributed by atoms with Gasteiger partial charge in [0, 0.05) is 19.0 Å². The first-order valence-electron chi connectivity index (χ1n) is 4.84. The maximum absolute atomic E-state index is 11.2. The van der Waals surface area contributed by atoms with Gasteiger partial charge in [-0.3, -0.25) is 4.79 Å². The summed E-state index contributed by atoms with van der Waals surface area (Å²) in [6.45, 7) is 1.55. The van der Waals surface area contributed by atoms with Crippen LogP contribution in [0.5, 0.6) is 0 Å². The molecule has 1 aliphatic rings. The minimum absolute atomic E-state index is 0.0580. The molecule has 0 spiro atoms. The Labute approximate surface area is 83.3 Å².